The summed E-state index contributed by atoms with van der Waals surface area (Å²) in [6, 6.07) is 12.1. The molecule has 1 saturated heterocycles. The lowest BCUT2D eigenvalue weighted by Gasteiger charge is -2.29. The molecule has 7 nitrogen and oxygen atoms in total. The van der Waals surface area contributed by atoms with Gasteiger partial charge in [0.25, 0.3) is 15.9 Å². The number of sulfonamides is 1. The molecule has 3 heterocycles. The molecule has 5 rings (SSSR count). The fourth-order valence-electron chi connectivity index (χ4n) is 3.91. The van der Waals surface area contributed by atoms with Crippen LogP contribution in [0.1, 0.15) is 36.0 Å². The third-order valence-electron chi connectivity index (χ3n) is 5.48. The zero-order valence-corrected chi connectivity index (χ0v) is 19.3. The van der Waals surface area contributed by atoms with E-state index in [1.54, 1.807) is 18.2 Å². The van der Waals surface area contributed by atoms with Crippen molar-refractivity contribution in [2.75, 3.05) is 16.8 Å². The predicted octanol–water partition coefficient (Wildman–Crippen LogP) is 5.20. The first kappa shape index (κ1) is 21.1. The summed E-state index contributed by atoms with van der Waals surface area (Å²) in [6.45, 7) is 0.719. The number of fused-ring (bicyclic) bond motifs is 3. The average Bonchev–Trinajstić information content (AvgIpc) is 3.10. The maximum Gasteiger partial charge on any atom is 0.286 e. The van der Waals surface area contributed by atoms with Crippen LogP contribution in [0.5, 0.6) is 0 Å². The molecule has 1 N–H and O–H groups in total. The van der Waals surface area contributed by atoms with Gasteiger partial charge in [0, 0.05) is 34.5 Å². The largest absolute Gasteiger partial charge is 0.328 e. The Morgan fingerprint density at radius 1 is 1.12 bits per heavy atom. The molecule has 3 aromatic rings. The molecule has 1 aromatic heterocycles. The number of halogens is 1. The molecule has 32 heavy (non-hydrogen) atoms. The van der Waals surface area contributed by atoms with Gasteiger partial charge in [0.05, 0.1) is 11.4 Å². The van der Waals surface area contributed by atoms with Gasteiger partial charge in [-0.2, -0.15) is 8.42 Å². The van der Waals surface area contributed by atoms with Crippen molar-refractivity contribution in [2.24, 2.45) is 4.40 Å². The summed E-state index contributed by atoms with van der Waals surface area (Å²) in [6.07, 6.45) is 3.57. The minimum Gasteiger partial charge on any atom is -0.328 e. The number of amidine groups is 1. The number of hydrogen-bond donors (Lipinski definition) is 1. The smallest absolute Gasteiger partial charge is 0.286 e. The van der Waals surface area contributed by atoms with E-state index in [9.17, 15) is 13.2 Å². The summed E-state index contributed by atoms with van der Waals surface area (Å²) < 4.78 is 29.6. The lowest BCUT2D eigenvalue weighted by Crippen LogP contribution is -2.35. The van der Waals surface area contributed by atoms with Gasteiger partial charge in [0.2, 0.25) is 0 Å². The van der Waals surface area contributed by atoms with Crippen molar-refractivity contribution in [3.05, 3.63) is 58.4 Å². The lowest BCUT2D eigenvalue weighted by atomic mass is 10.1. The van der Waals surface area contributed by atoms with E-state index < -0.39 is 15.9 Å². The summed E-state index contributed by atoms with van der Waals surface area (Å²) in [4.78, 5) is 19.3. The van der Waals surface area contributed by atoms with Crippen LogP contribution in [0.3, 0.4) is 0 Å². The summed E-state index contributed by atoms with van der Waals surface area (Å²) in [7, 11) is -3.86. The molecule has 0 atom stereocenters. The highest BCUT2D eigenvalue weighted by molar-refractivity contribution is 7.90. The number of amides is 1. The molecule has 1 amide bonds. The van der Waals surface area contributed by atoms with E-state index in [1.165, 1.54) is 17.4 Å². The standard InChI is InChI=1S/C22H19ClN4O3S2/c23-16-7-4-3-6-15(16)17-13-31-22(24-17)25-21(28)14-9-10-18-19(12-14)32(29,30)26-20-8-2-1-5-11-27(18)20/h3-4,6-7,9-10,12-13H,1-2,5,8,11H2,(H,24,25,28). The molecule has 1 fully saturated rings. The van der Waals surface area contributed by atoms with Gasteiger partial charge in [0.15, 0.2) is 5.13 Å². The van der Waals surface area contributed by atoms with Crippen molar-refractivity contribution in [3.63, 3.8) is 0 Å². The minimum atomic E-state index is -3.86. The van der Waals surface area contributed by atoms with Crippen molar-refractivity contribution in [3.8, 4) is 11.3 Å². The molecule has 2 aliphatic heterocycles. The monoisotopic (exact) mass is 486 g/mol. The predicted molar refractivity (Wildman–Crippen MR) is 127 cm³/mol. The van der Waals surface area contributed by atoms with E-state index in [4.69, 9.17) is 11.6 Å². The molecule has 0 aliphatic carbocycles. The number of benzene rings is 2. The van der Waals surface area contributed by atoms with E-state index in [2.05, 4.69) is 14.7 Å². The maximum atomic E-state index is 12.8. The van der Waals surface area contributed by atoms with Crippen LogP contribution in [0.15, 0.2) is 57.1 Å². The van der Waals surface area contributed by atoms with Crippen molar-refractivity contribution in [2.45, 2.75) is 30.6 Å². The summed E-state index contributed by atoms with van der Waals surface area (Å²) in [5, 5.41) is 5.53. The Kier molecular flexibility index (Phi) is 5.48. The Hall–Kier alpha value is -2.75. The van der Waals surface area contributed by atoms with Crippen LogP contribution in [0.25, 0.3) is 11.3 Å². The average molecular weight is 487 g/mol. The molecular weight excluding hydrogens is 468 g/mol. The molecule has 0 saturated carbocycles. The van der Waals surface area contributed by atoms with Crippen LogP contribution in [0.4, 0.5) is 10.8 Å². The van der Waals surface area contributed by atoms with Gasteiger partial charge >= 0.3 is 0 Å². The lowest BCUT2D eigenvalue weighted by molar-refractivity contribution is 0.102. The molecule has 164 valence electrons. The number of hydrogen-bond acceptors (Lipinski definition) is 6. The number of carbonyl (C=O) groups is 1. The Morgan fingerprint density at radius 3 is 2.81 bits per heavy atom. The van der Waals surface area contributed by atoms with Crippen molar-refractivity contribution < 1.29 is 13.2 Å². The topological polar surface area (TPSA) is 91.7 Å². The SMILES string of the molecule is O=C(Nc1nc(-c2ccccc2Cl)cs1)c1ccc2c(c1)S(=O)(=O)N=C1CCCCCN12. The highest BCUT2D eigenvalue weighted by Crippen LogP contribution is 2.35. The van der Waals surface area contributed by atoms with Crippen LogP contribution >= 0.6 is 22.9 Å². The minimum absolute atomic E-state index is 0.0618. The molecule has 2 aromatic carbocycles. The highest BCUT2D eigenvalue weighted by atomic mass is 35.5. The fraction of sp³-hybridized carbons (Fsp3) is 0.227. The maximum absolute atomic E-state index is 12.8. The zero-order chi connectivity index (χ0) is 22.3. The Bertz CT molecular complexity index is 1350. The molecule has 0 spiro atoms. The normalized spacial score (nSPS) is 17.0. The number of thiazole rings is 1. The number of anilines is 2. The van der Waals surface area contributed by atoms with Crippen LogP contribution in [0.2, 0.25) is 5.02 Å². The molecule has 0 bridgehead atoms. The Morgan fingerprint density at radius 2 is 1.97 bits per heavy atom. The number of rotatable bonds is 3. The number of carbonyl (C=O) groups excluding carboxylic acids is 1. The second-order valence-electron chi connectivity index (χ2n) is 7.60. The first-order chi connectivity index (χ1) is 15.4. The van der Waals surface area contributed by atoms with E-state index in [0.29, 0.717) is 33.8 Å². The van der Waals surface area contributed by atoms with Crippen LogP contribution in [0, 0.1) is 0 Å². The number of aromatic nitrogens is 1. The van der Waals surface area contributed by atoms with Gasteiger partial charge < -0.3 is 4.90 Å². The van der Waals surface area contributed by atoms with Crippen LogP contribution in [-0.4, -0.2) is 31.7 Å². The quantitative estimate of drug-likeness (QED) is 0.549. The second-order valence-corrected chi connectivity index (χ2v) is 10.4. The van der Waals surface area contributed by atoms with Gasteiger partial charge in [-0.15, -0.1) is 15.7 Å². The van der Waals surface area contributed by atoms with Gasteiger partial charge in [-0.1, -0.05) is 36.2 Å². The van der Waals surface area contributed by atoms with Crippen molar-refractivity contribution >= 4 is 55.5 Å². The van der Waals surface area contributed by atoms with Gasteiger partial charge in [0.1, 0.15) is 10.7 Å². The van der Waals surface area contributed by atoms with Crippen molar-refractivity contribution in [1.29, 1.82) is 0 Å². The molecule has 10 heteroatoms. The highest BCUT2D eigenvalue weighted by Gasteiger charge is 2.32. The molecule has 0 unspecified atom stereocenters. The third-order valence-corrected chi connectivity index (χ3v) is 7.91. The van der Waals surface area contributed by atoms with Gasteiger partial charge in [-0.3, -0.25) is 10.1 Å². The summed E-state index contributed by atoms with van der Waals surface area (Å²) in [5.41, 5.74) is 2.25. The van der Waals surface area contributed by atoms with E-state index in [-0.39, 0.29) is 10.5 Å². The zero-order valence-electron chi connectivity index (χ0n) is 16.9. The van der Waals surface area contributed by atoms with Gasteiger partial charge in [-0.25, -0.2) is 4.98 Å². The van der Waals surface area contributed by atoms with Gasteiger partial charge in [-0.05, 0) is 37.1 Å². The van der Waals surface area contributed by atoms with Crippen molar-refractivity contribution in [1.82, 2.24) is 4.98 Å². The second kappa shape index (κ2) is 8.31. The summed E-state index contributed by atoms with van der Waals surface area (Å²) in [5.74, 6) is 0.149. The third kappa shape index (κ3) is 3.92. The fourth-order valence-corrected chi connectivity index (χ4v) is 6.14. The Labute approximate surface area is 194 Å². The van der Waals surface area contributed by atoms with E-state index in [1.807, 2.05) is 28.5 Å². The molecule has 0 radical (unpaired) electrons. The molecule has 2 aliphatic rings. The van der Waals surface area contributed by atoms with Crippen LogP contribution < -0.4 is 10.2 Å². The molecular formula is C22H19ClN4O3S2. The first-order valence-electron chi connectivity index (χ1n) is 10.2. The first-order valence-corrected chi connectivity index (χ1v) is 12.9. The van der Waals surface area contributed by atoms with Crippen LogP contribution in [-0.2, 0) is 10.0 Å². The number of nitrogens with one attached hydrogen (secondary N) is 1. The Balaban J connectivity index is 1.42. The van der Waals surface area contributed by atoms with E-state index in [0.717, 1.165) is 31.4 Å². The number of nitrogens with zero attached hydrogens (tertiary/aromatic N) is 3. The summed E-state index contributed by atoms with van der Waals surface area (Å²) >= 11 is 7.50. The van der Waals surface area contributed by atoms with E-state index >= 15 is 0 Å².